The third kappa shape index (κ3) is 4.26. The first-order chi connectivity index (χ1) is 12.0. The van der Waals surface area contributed by atoms with Crippen LogP contribution in [0.2, 0.25) is 0 Å². The van der Waals surface area contributed by atoms with Crippen molar-refractivity contribution in [2.75, 3.05) is 0 Å². The summed E-state index contributed by atoms with van der Waals surface area (Å²) in [6.07, 6.45) is 1.46. The molecular formula is C19H26F2N4O. The zero-order valence-electron chi connectivity index (χ0n) is 15.8. The van der Waals surface area contributed by atoms with E-state index in [1.807, 2.05) is 19.9 Å². The second kappa shape index (κ2) is 6.68. The van der Waals surface area contributed by atoms with Crippen molar-refractivity contribution in [1.29, 1.82) is 0 Å². The van der Waals surface area contributed by atoms with E-state index in [1.165, 1.54) is 0 Å². The molecule has 0 unspecified atom stereocenters. The van der Waals surface area contributed by atoms with E-state index in [9.17, 15) is 13.9 Å². The summed E-state index contributed by atoms with van der Waals surface area (Å²) in [7, 11) is 0. The highest BCUT2D eigenvalue weighted by Gasteiger charge is 2.35. The Bertz CT molecular complexity index is 785. The van der Waals surface area contributed by atoms with Crippen molar-refractivity contribution in [1.82, 2.24) is 19.7 Å². The highest BCUT2D eigenvalue weighted by atomic mass is 19.3. The van der Waals surface area contributed by atoms with Crippen molar-refractivity contribution in [3.8, 4) is 5.95 Å². The summed E-state index contributed by atoms with van der Waals surface area (Å²) in [4.78, 5) is 9.10. The summed E-state index contributed by atoms with van der Waals surface area (Å²) in [5.74, 6) is -1.95. The maximum absolute atomic E-state index is 13.4. The van der Waals surface area contributed by atoms with Crippen LogP contribution in [0.4, 0.5) is 8.78 Å². The monoisotopic (exact) mass is 364 g/mol. The lowest BCUT2D eigenvalue weighted by molar-refractivity contribution is -0.0457. The summed E-state index contributed by atoms with van der Waals surface area (Å²) in [6, 6.07) is 3.71. The van der Waals surface area contributed by atoms with Crippen molar-refractivity contribution in [3.05, 3.63) is 34.9 Å². The SMILES string of the molecule is Cc1cc(C)n(-c2nc(CC3CCC(F)(F)CC3)cc(C(C)(C)O)n2)n1. The normalized spacial score (nSPS) is 18.3. The van der Waals surface area contributed by atoms with Crippen LogP contribution < -0.4 is 0 Å². The molecule has 7 heteroatoms. The molecule has 3 rings (SSSR count). The van der Waals surface area contributed by atoms with E-state index < -0.39 is 11.5 Å². The Labute approximate surface area is 152 Å². The molecular weight excluding hydrogens is 338 g/mol. The molecule has 0 radical (unpaired) electrons. The Morgan fingerprint density at radius 1 is 1.19 bits per heavy atom. The van der Waals surface area contributed by atoms with Gasteiger partial charge in [0, 0.05) is 24.2 Å². The lowest BCUT2D eigenvalue weighted by atomic mass is 9.84. The molecule has 0 spiro atoms. The molecule has 2 aromatic heterocycles. The molecule has 1 aliphatic rings. The summed E-state index contributed by atoms with van der Waals surface area (Å²) in [6.45, 7) is 7.16. The molecule has 1 fully saturated rings. The predicted octanol–water partition coefficient (Wildman–Crippen LogP) is 3.87. The van der Waals surface area contributed by atoms with Crippen LogP contribution in [0, 0.1) is 19.8 Å². The maximum Gasteiger partial charge on any atom is 0.251 e. The third-order valence-electron chi connectivity index (χ3n) is 4.93. The maximum atomic E-state index is 13.4. The van der Waals surface area contributed by atoms with Crippen LogP contribution in [0.25, 0.3) is 5.95 Å². The molecule has 2 heterocycles. The van der Waals surface area contributed by atoms with Gasteiger partial charge in [0.15, 0.2) is 0 Å². The molecule has 0 atom stereocenters. The summed E-state index contributed by atoms with van der Waals surface area (Å²) in [5.41, 5.74) is 1.90. The van der Waals surface area contributed by atoms with Crippen molar-refractivity contribution < 1.29 is 13.9 Å². The average Bonchev–Trinajstić information content (AvgIpc) is 2.87. The number of aliphatic hydroxyl groups is 1. The van der Waals surface area contributed by atoms with Crippen molar-refractivity contribution in [3.63, 3.8) is 0 Å². The molecule has 0 amide bonds. The van der Waals surface area contributed by atoms with Gasteiger partial charge < -0.3 is 5.11 Å². The van der Waals surface area contributed by atoms with Gasteiger partial charge in [0.25, 0.3) is 5.95 Å². The topological polar surface area (TPSA) is 63.8 Å². The van der Waals surface area contributed by atoms with Gasteiger partial charge in [0.05, 0.1) is 11.4 Å². The minimum Gasteiger partial charge on any atom is -0.384 e. The summed E-state index contributed by atoms with van der Waals surface area (Å²) >= 11 is 0. The standard InChI is InChI=1S/C19H26F2N4O/c1-12-9-13(2)25(24-12)17-22-15(11-16(23-17)18(3,4)26)10-14-5-7-19(20,21)8-6-14/h9,11,14,26H,5-8,10H2,1-4H3. The predicted molar refractivity (Wildman–Crippen MR) is 94.5 cm³/mol. The van der Waals surface area contributed by atoms with Gasteiger partial charge in [0.2, 0.25) is 5.92 Å². The van der Waals surface area contributed by atoms with E-state index in [0.29, 0.717) is 30.9 Å². The van der Waals surface area contributed by atoms with Crippen LogP contribution in [0.5, 0.6) is 0 Å². The first-order valence-electron chi connectivity index (χ1n) is 9.06. The van der Waals surface area contributed by atoms with E-state index in [1.54, 1.807) is 24.6 Å². The number of nitrogens with zero attached hydrogens (tertiary/aromatic N) is 4. The Morgan fingerprint density at radius 3 is 2.38 bits per heavy atom. The molecule has 0 saturated heterocycles. The highest BCUT2D eigenvalue weighted by molar-refractivity contribution is 5.25. The number of hydrogen-bond donors (Lipinski definition) is 1. The molecule has 0 aromatic carbocycles. The largest absolute Gasteiger partial charge is 0.384 e. The molecule has 0 aliphatic heterocycles. The van der Waals surface area contributed by atoms with Gasteiger partial charge in [0.1, 0.15) is 5.60 Å². The fraction of sp³-hybridized carbons (Fsp3) is 0.632. The molecule has 1 N–H and O–H groups in total. The minimum atomic E-state index is -2.53. The Morgan fingerprint density at radius 2 is 1.85 bits per heavy atom. The quantitative estimate of drug-likeness (QED) is 0.894. The van der Waals surface area contributed by atoms with Crippen LogP contribution in [0.1, 0.15) is 62.3 Å². The van der Waals surface area contributed by atoms with Gasteiger partial charge in [-0.15, -0.1) is 0 Å². The Balaban J connectivity index is 1.92. The second-order valence-corrected chi connectivity index (χ2v) is 7.95. The van der Waals surface area contributed by atoms with Crippen LogP contribution in [0.3, 0.4) is 0 Å². The zero-order chi connectivity index (χ0) is 19.1. The van der Waals surface area contributed by atoms with Gasteiger partial charge in [-0.05, 0) is 65.0 Å². The molecule has 5 nitrogen and oxygen atoms in total. The van der Waals surface area contributed by atoms with Gasteiger partial charge in [-0.3, -0.25) is 0 Å². The smallest absolute Gasteiger partial charge is 0.251 e. The highest BCUT2D eigenvalue weighted by Crippen LogP contribution is 2.37. The van der Waals surface area contributed by atoms with E-state index >= 15 is 0 Å². The fourth-order valence-corrected chi connectivity index (χ4v) is 3.43. The summed E-state index contributed by atoms with van der Waals surface area (Å²) < 4.78 is 28.5. The first kappa shape index (κ1) is 18.9. The van der Waals surface area contributed by atoms with Gasteiger partial charge in [-0.1, -0.05) is 0 Å². The fourth-order valence-electron chi connectivity index (χ4n) is 3.43. The lowest BCUT2D eigenvalue weighted by Gasteiger charge is -2.28. The zero-order valence-corrected chi connectivity index (χ0v) is 15.8. The van der Waals surface area contributed by atoms with Gasteiger partial charge in [-0.2, -0.15) is 5.10 Å². The van der Waals surface area contributed by atoms with Crippen molar-refractivity contribution >= 4 is 0 Å². The van der Waals surface area contributed by atoms with Crippen molar-refractivity contribution in [2.45, 2.75) is 71.3 Å². The number of halogens is 2. The number of rotatable bonds is 4. The summed E-state index contributed by atoms with van der Waals surface area (Å²) in [5, 5.41) is 14.8. The Kier molecular flexibility index (Phi) is 4.86. The van der Waals surface area contributed by atoms with E-state index in [2.05, 4.69) is 15.1 Å². The van der Waals surface area contributed by atoms with E-state index in [4.69, 9.17) is 0 Å². The average molecular weight is 364 g/mol. The first-order valence-corrected chi connectivity index (χ1v) is 9.06. The molecule has 142 valence electrons. The Hall–Kier alpha value is -1.89. The van der Waals surface area contributed by atoms with Crippen LogP contribution in [-0.4, -0.2) is 30.8 Å². The molecule has 0 bridgehead atoms. The number of aromatic nitrogens is 4. The van der Waals surface area contributed by atoms with Crippen LogP contribution in [-0.2, 0) is 12.0 Å². The van der Waals surface area contributed by atoms with Gasteiger partial charge in [-0.25, -0.2) is 23.4 Å². The molecule has 1 aliphatic carbocycles. The number of hydrogen-bond acceptors (Lipinski definition) is 4. The third-order valence-corrected chi connectivity index (χ3v) is 4.93. The molecule has 2 aromatic rings. The number of alkyl halides is 2. The van der Waals surface area contributed by atoms with E-state index in [0.717, 1.165) is 17.1 Å². The van der Waals surface area contributed by atoms with Crippen LogP contribution >= 0.6 is 0 Å². The van der Waals surface area contributed by atoms with Crippen LogP contribution in [0.15, 0.2) is 12.1 Å². The number of aryl methyl sites for hydroxylation is 2. The molecule has 26 heavy (non-hydrogen) atoms. The van der Waals surface area contributed by atoms with Gasteiger partial charge >= 0.3 is 0 Å². The minimum absolute atomic E-state index is 0.0641. The van der Waals surface area contributed by atoms with E-state index in [-0.39, 0.29) is 18.8 Å². The lowest BCUT2D eigenvalue weighted by Crippen LogP contribution is -2.26. The molecule has 1 saturated carbocycles. The second-order valence-electron chi connectivity index (χ2n) is 7.95. The van der Waals surface area contributed by atoms with Crippen molar-refractivity contribution in [2.24, 2.45) is 5.92 Å².